The van der Waals surface area contributed by atoms with E-state index < -0.39 is 0 Å². The predicted octanol–water partition coefficient (Wildman–Crippen LogP) is 0.624. The molecule has 4 N–H and O–H groups in total. The molecule has 1 aliphatic rings. The molecule has 5 nitrogen and oxygen atoms in total. The molecule has 5 heteroatoms. The molecule has 0 bridgehead atoms. The minimum absolute atomic E-state index is 0.125. The quantitative estimate of drug-likeness (QED) is 0.717. The Morgan fingerprint density at radius 2 is 2.29 bits per heavy atom. The molecular formula is C12H20N4O. The lowest BCUT2D eigenvalue weighted by Gasteiger charge is -2.30. The zero-order valence-electron chi connectivity index (χ0n) is 9.98. The van der Waals surface area contributed by atoms with Gasteiger partial charge in [0.05, 0.1) is 0 Å². The third-order valence-electron chi connectivity index (χ3n) is 3.26. The molecule has 0 aromatic carbocycles. The zero-order valence-corrected chi connectivity index (χ0v) is 9.98. The van der Waals surface area contributed by atoms with Crippen molar-refractivity contribution in [1.29, 1.82) is 0 Å². The normalized spacial score (nSPS) is 18.2. The number of nitrogens with one attached hydrogen (secondary N) is 2. The number of nitrogens with two attached hydrogens (primary N) is 1. The second-order valence-corrected chi connectivity index (χ2v) is 4.48. The molecule has 0 aliphatic carbocycles. The van der Waals surface area contributed by atoms with Gasteiger partial charge >= 0.3 is 0 Å². The Balaban J connectivity index is 1.78. The van der Waals surface area contributed by atoms with E-state index in [1.165, 1.54) is 0 Å². The van der Waals surface area contributed by atoms with Gasteiger partial charge < -0.3 is 20.9 Å². The lowest BCUT2D eigenvalue weighted by atomic mass is 9.96. The van der Waals surface area contributed by atoms with Crippen molar-refractivity contribution in [1.82, 2.24) is 9.88 Å². The van der Waals surface area contributed by atoms with Crippen LogP contribution >= 0.6 is 0 Å². The summed E-state index contributed by atoms with van der Waals surface area (Å²) in [6.45, 7) is 3.57. The average Bonchev–Trinajstić information content (AvgIpc) is 2.83. The van der Waals surface area contributed by atoms with Crippen LogP contribution in [-0.4, -0.2) is 42.0 Å². The van der Waals surface area contributed by atoms with Crippen LogP contribution in [0.4, 0.5) is 5.82 Å². The van der Waals surface area contributed by atoms with Crippen LogP contribution in [0.1, 0.15) is 12.8 Å². The molecule has 0 saturated carbocycles. The Morgan fingerprint density at radius 1 is 1.53 bits per heavy atom. The lowest BCUT2D eigenvalue weighted by molar-refractivity contribution is -0.121. The highest BCUT2D eigenvalue weighted by Gasteiger charge is 2.24. The molecule has 1 fully saturated rings. The summed E-state index contributed by atoms with van der Waals surface area (Å²) in [5.41, 5.74) is 5.52. The van der Waals surface area contributed by atoms with Gasteiger partial charge in [0.15, 0.2) is 0 Å². The molecule has 2 heterocycles. The molecule has 1 aromatic heterocycles. The average molecular weight is 236 g/mol. The maximum absolute atomic E-state index is 12.0. The first kappa shape index (κ1) is 12.1. The minimum Gasteiger partial charge on any atom is -0.348 e. The van der Waals surface area contributed by atoms with Crippen molar-refractivity contribution in [2.75, 3.05) is 31.5 Å². The van der Waals surface area contributed by atoms with Crippen molar-refractivity contribution in [3.63, 3.8) is 0 Å². The van der Waals surface area contributed by atoms with Crippen molar-refractivity contribution in [3.8, 4) is 0 Å². The van der Waals surface area contributed by atoms with E-state index in [2.05, 4.69) is 15.2 Å². The fourth-order valence-corrected chi connectivity index (χ4v) is 2.24. The number of hydrogen-bond donors (Lipinski definition) is 3. The van der Waals surface area contributed by atoms with Gasteiger partial charge in [-0.2, -0.15) is 0 Å². The van der Waals surface area contributed by atoms with Crippen LogP contribution in [0.25, 0.3) is 0 Å². The van der Waals surface area contributed by atoms with Gasteiger partial charge in [-0.15, -0.1) is 0 Å². The van der Waals surface area contributed by atoms with Gasteiger partial charge in [0.25, 0.3) is 0 Å². The summed E-state index contributed by atoms with van der Waals surface area (Å²) >= 11 is 0. The number of likely N-dealkylation sites (tertiary alicyclic amines) is 1. The van der Waals surface area contributed by atoms with Gasteiger partial charge in [0, 0.05) is 25.2 Å². The first-order chi connectivity index (χ1) is 8.29. The first-order valence-electron chi connectivity index (χ1n) is 6.16. The Hall–Kier alpha value is -1.33. The van der Waals surface area contributed by atoms with E-state index in [-0.39, 0.29) is 11.8 Å². The van der Waals surface area contributed by atoms with Crippen molar-refractivity contribution in [2.24, 2.45) is 11.7 Å². The van der Waals surface area contributed by atoms with Gasteiger partial charge in [-0.05, 0) is 38.1 Å². The molecule has 94 valence electrons. The van der Waals surface area contributed by atoms with E-state index in [0.717, 1.165) is 38.3 Å². The Bertz CT molecular complexity index is 341. The predicted molar refractivity (Wildman–Crippen MR) is 67.6 cm³/mol. The number of rotatable bonds is 4. The van der Waals surface area contributed by atoms with Crippen LogP contribution in [0.3, 0.4) is 0 Å². The number of anilines is 1. The van der Waals surface area contributed by atoms with Gasteiger partial charge in [0.2, 0.25) is 5.91 Å². The van der Waals surface area contributed by atoms with Crippen LogP contribution in [0.15, 0.2) is 18.3 Å². The van der Waals surface area contributed by atoms with Gasteiger partial charge in [0.1, 0.15) is 5.82 Å². The summed E-state index contributed by atoms with van der Waals surface area (Å²) in [4.78, 5) is 17.3. The summed E-state index contributed by atoms with van der Waals surface area (Å²) in [5, 5.41) is 2.90. The van der Waals surface area contributed by atoms with Gasteiger partial charge in [-0.3, -0.25) is 4.79 Å². The number of carbonyl (C=O) groups is 1. The molecular weight excluding hydrogens is 216 g/mol. The number of aromatic nitrogens is 1. The molecule has 1 aliphatic heterocycles. The Labute approximate surface area is 101 Å². The van der Waals surface area contributed by atoms with E-state index in [4.69, 9.17) is 5.73 Å². The second-order valence-electron chi connectivity index (χ2n) is 4.48. The summed E-state index contributed by atoms with van der Waals surface area (Å²) in [5.74, 6) is 1.03. The summed E-state index contributed by atoms with van der Waals surface area (Å²) in [6.07, 6.45) is 3.65. The lowest BCUT2D eigenvalue weighted by Crippen LogP contribution is -2.40. The highest BCUT2D eigenvalue weighted by molar-refractivity contribution is 5.91. The van der Waals surface area contributed by atoms with Crippen molar-refractivity contribution in [3.05, 3.63) is 18.3 Å². The van der Waals surface area contributed by atoms with Crippen molar-refractivity contribution in [2.45, 2.75) is 12.8 Å². The maximum Gasteiger partial charge on any atom is 0.228 e. The third-order valence-corrected chi connectivity index (χ3v) is 3.26. The number of carbonyl (C=O) groups excluding carboxylic acids is 1. The molecule has 17 heavy (non-hydrogen) atoms. The Kier molecular flexibility index (Phi) is 4.17. The van der Waals surface area contributed by atoms with E-state index in [1.807, 2.05) is 12.1 Å². The maximum atomic E-state index is 12.0. The fourth-order valence-electron chi connectivity index (χ4n) is 2.24. The van der Waals surface area contributed by atoms with E-state index in [1.54, 1.807) is 6.20 Å². The fraction of sp³-hybridized carbons (Fsp3) is 0.583. The topological polar surface area (TPSA) is 74.2 Å². The van der Waals surface area contributed by atoms with Crippen molar-refractivity contribution < 1.29 is 4.79 Å². The number of aromatic amines is 1. The molecule has 1 amide bonds. The zero-order chi connectivity index (χ0) is 12.1. The second kappa shape index (κ2) is 5.84. The van der Waals surface area contributed by atoms with Gasteiger partial charge in [-0.1, -0.05) is 0 Å². The van der Waals surface area contributed by atoms with E-state index in [9.17, 15) is 4.79 Å². The summed E-state index contributed by atoms with van der Waals surface area (Å²) in [6, 6.07) is 3.74. The molecule has 2 rings (SSSR count). The molecule has 0 spiro atoms. The highest BCUT2D eigenvalue weighted by Crippen LogP contribution is 2.18. The number of piperidine rings is 1. The van der Waals surface area contributed by atoms with Gasteiger partial charge in [-0.25, -0.2) is 0 Å². The smallest absolute Gasteiger partial charge is 0.228 e. The summed E-state index contributed by atoms with van der Waals surface area (Å²) in [7, 11) is 0. The molecule has 0 atom stereocenters. The van der Waals surface area contributed by atoms with Crippen LogP contribution in [0.2, 0.25) is 0 Å². The minimum atomic E-state index is 0.125. The number of amides is 1. The molecule has 0 unspecified atom stereocenters. The third kappa shape index (κ3) is 3.31. The van der Waals surface area contributed by atoms with E-state index >= 15 is 0 Å². The Morgan fingerprint density at radius 3 is 2.88 bits per heavy atom. The number of H-pyrrole nitrogens is 1. The van der Waals surface area contributed by atoms with Crippen LogP contribution in [0.5, 0.6) is 0 Å². The first-order valence-corrected chi connectivity index (χ1v) is 6.16. The number of nitrogens with zero attached hydrogens (tertiary/aromatic N) is 1. The summed E-state index contributed by atoms with van der Waals surface area (Å²) < 4.78 is 0. The monoisotopic (exact) mass is 236 g/mol. The van der Waals surface area contributed by atoms with Crippen molar-refractivity contribution >= 4 is 11.7 Å². The largest absolute Gasteiger partial charge is 0.348 e. The SMILES string of the molecule is NCCN1CCC(C(=O)Nc2ccc[nH]2)CC1. The van der Waals surface area contributed by atoms with E-state index in [0.29, 0.717) is 6.54 Å². The van der Waals surface area contributed by atoms with Crippen LogP contribution in [0, 0.1) is 5.92 Å². The molecule has 1 aromatic rings. The number of hydrogen-bond acceptors (Lipinski definition) is 3. The molecule has 1 saturated heterocycles. The van der Waals surface area contributed by atoms with Crippen LogP contribution in [-0.2, 0) is 4.79 Å². The van der Waals surface area contributed by atoms with Crippen LogP contribution < -0.4 is 11.1 Å². The standard InChI is InChI=1S/C12H20N4O/c13-5-9-16-7-3-10(4-8-16)12(17)15-11-2-1-6-14-11/h1-2,6,10,14H,3-5,7-9,13H2,(H,15,17). The molecule has 0 radical (unpaired) electrons. The highest BCUT2D eigenvalue weighted by atomic mass is 16.1.